The molecule has 0 N–H and O–H groups in total. The number of sulfonamides is 1. The van der Waals surface area contributed by atoms with Crippen LogP contribution < -0.4 is 0 Å². The van der Waals surface area contributed by atoms with E-state index in [0.717, 1.165) is 12.1 Å². The largest absolute Gasteiger partial charge is 0.417 e. The number of aromatic nitrogens is 2. The summed E-state index contributed by atoms with van der Waals surface area (Å²) in [7, 11) is -3.71. The smallest absolute Gasteiger partial charge is 0.311 e. The van der Waals surface area contributed by atoms with Crippen molar-refractivity contribution in [2.75, 3.05) is 26.2 Å². The van der Waals surface area contributed by atoms with Gasteiger partial charge in [0.25, 0.3) is 0 Å². The summed E-state index contributed by atoms with van der Waals surface area (Å²) in [6, 6.07) is 4.65. The van der Waals surface area contributed by atoms with Gasteiger partial charge in [0.1, 0.15) is 5.82 Å². The Hall–Kier alpha value is -2.33. The zero-order chi connectivity index (χ0) is 17.3. The number of benzene rings is 1. The van der Waals surface area contributed by atoms with Gasteiger partial charge in [0.2, 0.25) is 15.9 Å². The van der Waals surface area contributed by atoms with Crippen molar-refractivity contribution in [3.05, 3.63) is 41.9 Å². The summed E-state index contributed by atoms with van der Waals surface area (Å²) < 4.78 is 44.3. The lowest BCUT2D eigenvalue weighted by Gasteiger charge is -2.33. The lowest BCUT2D eigenvalue weighted by molar-refractivity contribution is 0.0656. The van der Waals surface area contributed by atoms with E-state index >= 15 is 0 Å². The van der Waals surface area contributed by atoms with Crippen molar-refractivity contribution in [3.8, 4) is 0 Å². The molecule has 1 aliphatic heterocycles. The first-order valence-corrected chi connectivity index (χ1v) is 8.67. The molecule has 1 saturated heterocycles. The molecule has 0 radical (unpaired) electrons. The van der Waals surface area contributed by atoms with Crippen LogP contribution in [0.2, 0.25) is 0 Å². The molecule has 0 unspecified atom stereocenters. The number of carbonyl (C=O) groups excluding carboxylic acids is 1. The zero-order valence-corrected chi connectivity index (χ0v) is 13.7. The predicted molar refractivity (Wildman–Crippen MR) is 80.1 cm³/mol. The summed E-state index contributed by atoms with van der Waals surface area (Å²) in [5.74, 6) is -0.744. The van der Waals surface area contributed by atoms with Crippen LogP contribution in [0.15, 0.2) is 33.6 Å². The lowest BCUT2D eigenvalue weighted by Crippen LogP contribution is -2.50. The molecule has 10 heteroatoms. The summed E-state index contributed by atoms with van der Waals surface area (Å²) in [4.78, 5) is 13.7. The number of carbonyl (C=O) groups is 1. The van der Waals surface area contributed by atoms with E-state index in [4.69, 9.17) is 4.42 Å². The van der Waals surface area contributed by atoms with Gasteiger partial charge in [0.15, 0.2) is 0 Å². The zero-order valence-electron chi connectivity index (χ0n) is 12.8. The maximum atomic E-state index is 12.9. The first-order valence-electron chi connectivity index (χ1n) is 7.23. The minimum atomic E-state index is -3.71. The Kier molecular flexibility index (Phi) is 4.33. The normalized spacial score (nSPS) is 16.3. The third kappa shape index (κ3) is 3.15. The Morgan fingerprint density at radius 2 is 1.75 bits per heavy atom. The molecule has 24 heavy (non-hydrogen) atoms. The number of hydrogen-bond acceptors (Lipinski definition) is 6. The van der Waals surface area contributed by atoms with E-state index in [1.165, 1.54) is 21.3 Å². The Bertz CT molecular complexity index is 842. The second-order valence-electron chi connectivity index (χ2n) is 5.28. The maximum absolute atomic E-state index is 12.9. The topological polar surface area (TPSA) is 96.6 Å². The molecule has 3 rings (SSSR count). The summed E-state index contributed by atoms with van der Waals surface area (Å²) in [6.07, 6.45) is 0. The van der Waals surface area contributed by atoms with Crippen molar-refractivity contribution in [1.82, 2.24) is 19.4 Å². The van der Waals surface area contributed by atoms with Crippen molar-refractivity contribution in [2.24, 2.45) is 0 Å². The molecule has 1 aromatic heterocycles. The molecule has 0 aliphatic carbocycles. The van der Waals surface area contributed by atoms with Crippen molar-refractivity contribution in [3.63, 3.8) is 0 Å². The van der Waals surface area contributed by atoms with Gasteiger partial charge in [-0.1, -0.05) is 0 Å². The molecule has 128 valence electrons. The van der Waals surface area contributed by atoms with Crippen LogP contribution in [0.5, 0.6) is 0 Å². The van der Waals surface area contributed by atoms with E-state index in [1.807, 2.05) is 0 Å². The Labute approximate surface area is 137 Å². The van der Waals surface area contributed by atoms with Gasteiger partial charge in [-0.25, -0.2) is 12.8 Å². The van der Waals surface area contributed by atoms with Gasteiger partial charge in [-0.2, -0.15) is 4.31 Å². The minimum Gasteiger partial charge on any atom is -0.417 e. The number of piperazine rings is 1. The van der Waals surface area contributed by atoms with Crippen LogP contribution in [0.1, 0.15) is 16.6 Å². The van der Waals surface area contributed by atoms with Gasteiger partial charge in [-0.05, 0) is 24.3 Å². The van der Waals surface area contributed by atoms with Crippen LogP contribution in [-0.2, 0) is 10.0 Å². The fourth-order valence-electron chi connectivity index (χ4n) is 2.41. The van der Waals surface area contributed by atoms with Crippen molar-refractivity contribution in [1.29, 1.82) is 0 Å². The van der Waals surface area contributed by atoms with E-state index in [2.05, 4.69) is 10.2 Å². The standard InChI is InChI=1S/C14H15FN4O4S/c1-10-16-17-13(23-10)14(20)18-6-8-19(9-7-18)24(21,22)12-4-2-11(15)3-5-12/h2-5H,6-9H2,1H3. The van der Waals surface area contributed by atoms with Gasteiger partial charge in [0.05, 0.1) is 4.90 Å². The molecule has 0 bridgehead atoms. The summed E-state index contributed by atoms with van der Waals surface area (Å²) in [5, 5.41) is 7.27. The molecular formula is C14H15FN4O4S. The summed E-state index contributed by atoms with van der Waals surface area (Å²) >= 11 is 0. The SMILES string of the molecule is Cc1nnc(C(=O)N2CCN(S(=O)(=O)c3ccc(F)cc3)CC2)o1. The van der Waals surface area contributed by atoms with Crippen molar-refractivity contribution in [2.45, 2.75) is 11.8 Å². The molecule has 8 nitrogen and oxygen atoms in total. The van der Waals surface area contributed by atoms with E-state index < -0.39 is 21.7 Å². The first kappa shape index (κ1) is 16.5. The molecule has 1 fully saturated rings. The second-order valence-corrected chi connectivity index (χ2v) is 7.21. The second kappa shape index (κ2) is 6.29. The van der Waals surface area contributed by atoms with E-state index in [0.29, 0.717) is 0 Å². The molecule has 0 atom stereocenters. The van der Waals surface area contributed by atoms with Crippen molar-refractivity contribution >= 4 is 15.9 Å². The van der Waals surface area contributed by atoms with E-state index in [9.17, 15) is 17.6 Å². The fourth-order valence-corrected chi connectivity index (χ4v) is 3.83. The fraction of sp³-hybridized carbons (Fsp3) is 0.357. The van der Waals surface area contributed by atoms with E-state index in [1.54, 1.807) is 6.92 Å². The minimum absolute atomic E-state index is 0.0243. The van der Waals surface area contributed by atoms with Crippen LogP contribution in [-0.4, -0.2) is 59.9 Å². The van der Waals surface area contributed by atoms with Gasteiger partial charge in [-0.15, -0.1) is 10.2 Å². The summed E-state index contributed by atoms with van der Waals surface area (Å²) in [5.41, 5.74) is 0. The quantitative estimate of drug-likeness (QED) is 0.803. The van der Waals surface area contributed by atoms with Crippen LogP contribution >= 0.6 is 0 Å². The molecule has 2 aromatic rings. The predicted octanol–water partition coefficient (Wildman–Crippen LogP) is 0.664. The van der Waals surface area contributed by atoms with Gasteiger partial charge in [0, 0.05) is 33.1 Å². The highest BCUT2D eigenvalue weighted by Crippen LogP contribution is 2.18. The third-order valence-corrected chi connectivity index (χ3v) is 5.60. The molecule has 0 spiro atoms. The Morgan fingerprint density at radius 3 is 2.29 bits per heavy atom. The average molecular weight is 354 g/mol. The van der Waals surface area contributed by atoms with Crippen LogP contribution in [0.25, 0.3) is 0 Å². The number of rotatable bonds is 3. The molecule has 1 amide bonds. The van der Waals surface area contributed by atoms with Crippen molar-refractivity contribution < 1.29 is 22.0 Å². The highest BCUT2D eigenvalue weighted by Gasteiger charge is 2.31. The highest BCUT2D eigenvalue weighted by molar-refractivity contribution is 7.89. The van der Waals surface area contributed by atoms with Crippen LogP contribution in [0, 0.1) is 12.7 Å². The Balaban J connectivity index is 1.68. The van der Waals surface area contributed by atoms with Gasteiger partial charge < -0.3 is 9.32 Å². The number of halogens is 1. The molecular weight excluding hydrogens is 339 g/mol. The van der Waals surface area contributed by atoms with E-state index in [-0.39, 0.29) is 42.9 Å². The lowest BCUT2D eigenvalue weighted by atomic mass is 10.3. The maximum Gasteiger partial charge on any atom is 0.311 e. The summed E-state index contributed by atoms with van der Waals surface area (Å²) in [6.45, 7) is 2.27. The van der Waals surface area contributed by atoms with Crippen LogP contribution in [0.3, 0.4) is 0 Å². The molecule has 1 aromatic carbocycles. The number of nitrogens with zero attached hydrogens (tertiary/aromatic N) is 4. The molecule has 1 aliphatic rings. The third-order valence-electron chi connectivity index (χ3n) is 3.69. The molecule has 2 heterocycles. The first-order chi connectivity index (χ1) is 11.4. The number of amides is 1. The van der Waals surface area contributed by atoms with Crippen LogP contribution in [0.4, 0.5) is 4.39 Å². The monoisotopic (exact) mass is 354 g/mol. The van der Waals surface area contributed by atoms with Gasteiger partial charge >= 0.3 is 11.8 Å². The number of hydrogen-bond donors (Lipinski definition) is 0. The Morgan fingerprint density at radius 1 is 1.12 bits per heavy atom. The highest BCUT2D eigenvalue weighted by atomic mass is 32.2. The average Bonchev–Trinajstić information content (AvgIpc) is 3.01. The number of aryl methyl sites for hydroxylation is 1. The molecule has 0 saturated carbocycles. The van der Waals surface area contributed by atoms with Gasteiger partial charge in [-0.3, -0.25) is 4.79 Å².